The second kappa shape index (κ2) is 6.37. The molecule has 0 amide bonds. The van der Waals surface area contributed by atoms with E-state index in [1.807, 2.05) is 0 Å². The smallest absolute Gasteiger partial charge is 0.410 e. The summed E-state index contributed by atoms with van der Waals surface area (Å²) < 4.78 is 22.5. The maximum Gasteiger partial charge on any atom is 0.524 e. The monoisotopic (exact) mass is 220 g/mol. The topological polar surface area (TPSA) is 124 Å². The third kappa shape index (κ3) is 32.8. The normalized spacial score (nSPS) is 10.2. The molecule has 0 heterocycles. The largest absolute Gasteiger partial charge is 0.524 e. The number of phosphoric ester groups is 1. The number of rotatable bonds is 2. The molecule has 4 N–H and O–H groups in total. The minimum atomic E-state index is -4.32. The van der Waals surface area contributed by atoms with Crippen molar-refractivity contribution in [2.75, 3.05) is 0 Å². The van der Waals surface area contributed by atoms with Crippen LogP contribution in [0.3, 0.4) is 0 Å². The molecule has 0 spiro atoms. The Kier molecular flexibility index (Phi) is 7.62. The summed E-state index contributed by atoms with van der Waals surface area (Å²) in [6.07, 6.45) is 0. The zero-order chi connectivity index (χ0) is 10.4. The van der Waals surface area contributed by atoms with E-state index < -0.39 is 16.1 Å². The van der Waals surface area contributed by atoms with Crippen LogP contribution in [0.5, 0.6) is 0 Å². The highest BCUT2D eigenvalue weighted by molar-refractivity contribution is 7.46. The number of allylic oxidation sites excluding steroid dienone is 1. The van der Waals surface area contributed by atoms with E-state index in [-0.39, 0.29) is 5.76 Å². The summed E-state index contributed by atoms with van der Waals surface area (Å²) in [5.41, 5.74) is 0. The van der Waals surface area contributed by atoms with Gasteiger partial charge in [-0.3, -0.25) is 14.4 Å². The Bertz CT molecular complexity index is 201. The third-order valence-electron chi connectivity index (χ3n) is 0.275. The lowest BCUT2D eigenvalue weighted by Gasteiger charge is -2.03. The Balaban J connectivity index is 0. The van der Waals surface area contributed by atoms with E-state index in [9.17, 15) is 4.57 Å². The molecular weight excluding hydrogens is 210 g/mol. The van der Waals surface area contributed by atoms with Crippen molar-refractivity contribution in [3.8, 4) is 0 Å². The van der Waals surface area contributed by atoms with Crippen LogP contribution in [0.1, 0.15) is 6.92 Å². The lowest BCUT2D eigenvalue weighted by Crippen LogP contribution is -1.82. The molecule has 0 aliphatic heterocycles. The summed E-state index contributed by atoms with van der Waals surface area (Å²) in [7, 11) is -7.45. The molecule has 0 saturated carbocycles. The molecule has 0 fully saturated rings. The molecule has 12 heavy (non-hydrogen) atoms. The Morgan fingerprint density at radius 2 is 1.75 bits per heavy atom. The summed E-state index contributed by atoms with van der Waals surface area (Å²) in [6, 6.07) is 0. The molecule has 0 saturated heterocycles. The minimum Gasteiger partial charge on any atom is -0.410 e. The first-order valence-electron chi connectivity index (χ1n) is 2.47. The van der Waals surface area contributed by atoms with Crippen LogP contribution >= 0.6 is 16.1 Å². The Morgan fingerprint density at radius 1 is 1.50 bits per heavy atom. The predicted octanol–water partition coefficient (Wildman–Crippen LogP) is -0.0100. The molecular formula is C3H10O7P2. The van der Waals surface area contributed by atoms with Gasteiger partial charge >= 0.3 is 16.1 Å². The highest BCUT2D eigenvalue weighted by atomic mass is 31.2. The molecule has 0 aliphatic rings. The number of hydrogen-bond acceptors (Lipinski definition) is 3. The molecule has 0 aromatic rings. The van der Waals surface area contributed by atoms with Crippen LogP contribution in [-0.2, 0) is 13.7 Å². The van der Waals surface area contributed by atoms with Gasteiger partial charge in [-0.15, -0.1) is 0 Å². The summed E-state index contributed by atoms with van der Waals surface area (Å²) in [4.78, 5) is 30.3. The Labute approximate surface area is 69.5 Å². The molecule has 0 radical (unpaired) electrons. The second-order valence-corrected chi connectivity index (χ2v) is 3.30. The van der Waals surface area contributed by atoms with Crippen molar-refractivity contribution in [1.82, 2.24) is 0 Å². The van der Waals surface area contributed by atoms with Crippen molar-refractivity contribution in [3.05, 3.63) is 12.3 Å². The highest BCUT2D eigenvalue weighted by Gasteiger charge is 2.13. The van der Waals surface area contributed by atoms with E-state index in [0.29, 0.717) is 0 Å². The average molecular weight is 220 g/mol. The van der Waals surface area contributed by atoms with Crippen LogP contribution in [0, 0.1) is 0 Å². The summed E-state index contributed by atoms with van der Waals surface area (Å²) >= 11 is 0. The summed E-state index contributed by atoms with van der Waals surface area (Å²) in [5, 5.41) is 0. The molecule has 0 rings (SSSR count). The zero-order valence-electron chi connectivity index (χ0n) is 6.17. The van der Waals surface area contributed by atoms with E-state index in [4.69, 9.17) is 24.1 Å². The molecule has 0 atom stereocenters. The quantitative estimate of drug-likeness (QED) is 0.381. The van der Waals surface area contributed by atoms with Crippen molar-refractivity contribution in [1.29, 1.82) is 0 Å². The molecule has 0 aliphatic carbocycles. The zero-order valence-corrected chi connectivity index (χ0v) is 8.06. The van der Waals surface area contributed by atoms with Crippen LogP contribution in [0.25, 0.3) is 0 Å². The standard InChI is InChI=1S/C3H7O4P.H3O3P/c1-3(2)7-8(4,5)6;1-4(2)3/h1H2,2H3,(H2,4,5,6);4H,(H2,1,2,3). The molecule has 0 bridgehead atoms. The number of hydrogen-bond donors (Lipinski definition) is 4. The third-order valence-corrected chi connectivity index (χ3v) is 0.824. The Hall–Kier alpha value is -0.160. The van der Waals surface area contributed by atoms with Gasteiger partial charge < -0.3 is 14.3 Å². The van der Waals surface area contributed by atoms with E-state index >= 15 is 0 Å². The van der Waals surface area contributed by atoms with Crippen molar-refractivity contribution >= 4 is 16.1 Å². The van der Waals surface area contributed by atoms with Crippen LogP contribution < -0.4 is 0 Å². The SMILES string of the molecule is C=C(C)OP(=O)(O)O.O=[PH](O)O. The van der Waals surface area contributed by atoms with Gasteiger partial charge in [0.15, 0.2) is 0 Å². The predicted molar refractivity (Wildman–Crippen MR) is 41.4 cm³/mol. The van der Waals surface area contributed by atoms with Gasteiger partial charge in [-0.1, -0.05) is 6.58 Å². The average Bonchev–Trinajstić information content (AvgIpc) is 1.52. The van der Waals surface area contributed by atoms with Gasteiger partial charge in [0.2, 0.25) is 0 Å². The van der Waals surface area contributed by atoms with E-state index in [1.165, 1.54) is 6.92 Å². The molecule has 9 heteroatoms. The fourth-order valence-electron chi connectivity index (χ4n) is 0.203. The van der Waals surface area contributed by atoms with Gasteiger partial charge in [0.1, 0.15) is 0 Å². The minimum absolute atomic E-state index is 0.0123. The molecule has 74 valence electrons. The lowest BCUT2D eigenvalue weighted by molar-refractivity contribution is 0.244. The van der Waals surface area contributed by atoms with Crippen molar-refractivity contribution < 1.29 is 33.2 Å². The van der Waals surface area contributed by atoms with E-state index in [2.05, 4.69) is 11.1 Å². The molecule has 0 unspecified atom stereocenters. The van der Waals surface area contributed by atoms with Crippen LogP contribution in [0.4, 0.5) is 0 Å². The lowest BCUT2D eigenvalue weighted by atomic mass is 10.7. The van der Waals surface area contributed by atoms with Crippen LogP contribution in [0.15, 0.2) is 12.3 Å². The molecule has 7 nitrogen and oxygen atoms in total. The molecule has 0 aromatic heterocycles. The van der Waals surface area contributed by atoms with Gasteiger partial charge in [-0.05, 0) is 6.92 Å². The van der Waals surface area contributed by atoms with Gasteiger partial charge in [-0.25, -0.2) is 4.57 Å². The van der Waals surface area contributed by atoms with Gasteiger partial charge in [0.25, 0.3) is 0 Å². The number of phosphoric acid groups is 1. The van der Waals surface area contributed by atoms with Gasteiger partial charge in [-0.2, -0.15) is 0 Å². The Morgan fingerprint density at radius 3 is 1.75 bits per heavy atom. The van der Waals surface area contributed by atoms with E-state index in [1.54, 1.807) is 0 Å². The first kappa shape index (κ1) is 14.4. The van der Waals surface area contributed by atoms with Crippen molar-refractivity contribution in [2.45, 2.75) is 6.92 Å². The maximum absolute atomic E-state index is 9.85. The second-order valence-electron chi connectivity index (χ2n) is 1.57. The summed E-state index contributed by atoms with van der Waals surface area (Å²) in [5.74, 6) is 0.0123. The van der Waals surface area contributed by atoms with Crippen LogP contribution in [0.2, 0.25) is 0 Å². The maximum atomic E-state index is 9.85. The van der Waals surface area contributed by atoms with Gasteiger partial charge in [0.05, 0.1) is 5.76 Å². The summed E-state index contributed by atoms with van der Waals surface area (Å²) in [6.45, 7) is 4.49. The highest BCUT2D eigenvalue weighted by Crippen LogP contribution is 2.37. The first-order valence-corrected chi connectivity index (χ1v) is 5.31. The molecule has 0 aromatic carbocycles. The fraction of sp³-hybridized carbons (Fsp3) is 0.333. The fourth-order valence-corrected chi connectivity index (χ4v) is 0.609. The van der Waals surface area contributed by atoms with Crippen molar-refractivity contribution in [2.24, 2.45) is 0 Å². The van der Waals surface area contributed by atoms with E-state index in [0.717, 1.165) is 0 Å². The van der Waals surface area contributed by atoms with Gasteiger partial charge in [0, 0.05) is 0 Å². The van der Waals surface area contributed by atoms with Crippen LogP contribution in [-0.4, -0.2) is 19.6 Å². The van der Waals surface area contributed by atoms with Crippen molar-refractivity contribution in [3.63, 3.8) is 0 Å². The first-order chi connectivity index (χ1) is 5.15.